The van der Waals surface area contributed by atoms with E-state index in [4.69, 9.17) is 4.42 Å². The SMILES string of the molecule is c1ccc2cc(-c3c4ccccc4c(-c4c5oc6ccccc6c5cc5c4sc4ccc6ccccc6c45)c4ccccc34)ccc2c1. The molecule has 0 aliphatic rings. The van der Waals surface area contributed by atoms with E-state index in [0.717, 1.165) is 21.9 Å². The van der Waals surface area contributed by atoms with Crippen LogP contribution >= 0.6 is 11.3 Å². The zero-order chi connectivity index (χ0) is 31.3. The Morgan fingerprint density at radius 1 is 0.375 bits per heavy atom. The Bertz CT molecular complexity index is 3060. The first-order chi connectivity index (χ1) is 23.8. The van der Waals surface area contributed by atoms with Gasteiger partial charge < -0.3 is 4.42 Å². The standard InChI is InChI=1S/C46H26OS/c1-2-13-29-25-30(22-21-27(29)11-1)41-33-16-5-7-18-35(33)43(36-19-8-6-17-34(36)41)44-45-37(32-15-9-10-20-39(32)47-45)26-38-42-31-14-4-3-12-28(31)23-24-40(42)48-46(38)44/h1-26H. The minimum Gasteiger partial charge on any atom is -0.455 e. The molecule has 0 spiro atoms. The Kier molecular flexibility index (Phi) is 5.32. The summed E-state index contributed by atoms with van der Waals surface area (Å²) in [7, 11) is 0. The molecule has 11 aromatic rings. The Morgan fingerprint density at radius 3 is 1.71 bits per heavy atom. The van der Waals surface area contributed by atoms with Gasteiger partial charge in [0, 0.05) is 42.1 Å². The summed E-state index contributed by atoms with van der Waals surface area (Å²) in [6, 6.07) is 57.6. The Labute approximate surface area is 279 Å². The van der Waals surface area contributed by atoms with Crippen LogP contribution in [0, 0.1) is 0 Å². The van der Waals surface area contributed by atoms with Crippen LogP contribution in [0.1, 0.15) is 0 Å². The second kappa shape index (κ2) is 9.78. The molecule has 1 nitrogen and oxygen atoms in total. The lowest BCUT2D eigenvalue weighted by Gasteiger charge is -2.18. The van der Waals surface area contributed by atoms with Crippen molar-refractivity contribution in [2.75, 3.05) is 0 Å². The lowest BCUT2D eigenvalue weighted by Crippen LogP contribution is -1.91. The molecule has 0 saturated heterocycles. The van der Waals surface area contributed by atoms with E-state index in [-0.39, 0.29) is 0 Å². The minimum absolute atomic E-state index is 0.918. The first kappa shape index (κ1) is 26.1. The minimum atomic E-state index is 0.918. The molecule has 0 amide bonds. The number of fused-ring (bicyclic) bond motifs is 11. The van der Waals surface area contributed by atoms with Crippen LogP contribution in [-0.2, 0) is 0 Å². The molecule has 2 heteroatoms. The number of thiophene rings is 1. The van der Waals surface area contributed by atoms with Crippen molar-refractivity contribution >= 4 is 96.5 Å². The Hall–Kier alpha value is -5.96. The largest absolute Gasteiger partial charge is 0.455 e. The summed E-state index contributed by atoms with van der Waals surface area (Å²) < 4.78 is 9.46. The molecule has 0 radical (unpaired) electrons. The molecular formula is C46H26OS. The summed E-state index contributed by atoms with van der Waals surface area (Å²) in [5.74, 6) is 0. The highest BCUT2D eigenvalue weighted by molar-refractivity contribution is 7.26. The molecule has 0 aliphatic heterocycles. The van der Waals surface area contributed by atoms with Crippen molar-refractivity contribution in [3.05, 3.63) is 158 Å². The molecule has 2 heterocycles. The molecule has 0 unspecified atom stereocenters. The maximum Gasteiger partial charge on any atom is 0.144 e. The third-order valence-electron chi connectivity index (χ3n) is 10.2. The zero-order valence-electron chi connectivity index (χ0n) is 25.8. The summed E-state index contributed by atoms with van der Waals surface area (Å²) in [5.41, 5.74) is 6.78. The molecule has 0 fully saturated rings. The van der Waals surface area contributed by atoms with E-state index in [9.17, 15) is 0 Å². The van der Waals surface area contributed by atoms with Gasteiger partial charge in [0.1, 0.15) is 11.2 Å². The van der Waals surface area contributed by atoms with Gasteiger partial charge >= 0.3 is 0 Å². The van der Waals surface area contributed by atoms with Gasteiger partial charge in [0.05, 0.1) is 0 Å². The molecule has 48 heavy (non-hydrogen) atoms. The molecule has 0 N–H and O–H groups in total. The number of para-hydroxylation sites is 1. The third-order valence-corrected chi connectivity index (χ3v) is 11.4. The van der Waals surface area contributed by atoms with Gasteiger partial charge in [-0.25, -0.2) is 0 Å². The topological polar surface area (TPSA) is 13.1 Å². The first-order valence-corrected chi connectivity index (χ1v) is 17.2. The van der Waals surface area contributed by atoms with Crippen LogP contribution in [-0.4, -0.2) is 0 Å². The summed E-state index contributed by atoms with van der Waals surface area (Å²) in [6.45, 7) is 0. The second-order valence-corrected chi connectivity index (χ2v) is 13.8. The molecule has 0 aliphatic carbocycles. The average molecular weight is 627 g/mol. The maximum atomic E-state index is 6.90. The highest BCUT2D eigenvalue weighted by Gasteiger charge is 2.25. The van der Waals surface area contributed by atoms with Crippen molar-refractivity contribution in [3.63, 3.8) is 0 Å². The van der Waals surface area contributed by atoms with E-state index >= 15 is 0 Å². The molecule has 0 bridgehead atoms. The van der Waals surface area contributed by atoms with Crippen LogP contribution < -0.4 is 0 Å². The van der Waals surface area contributed by atoms with E-state index in [1.165, 1.54) is 85.5 Å². The van der Waals surface area contributed by atoms with Crippen LogP contribution in [0.4, 0.5) is 0 Å². The van der Waals surface area contributed by atoms with Gasteiger partial charge in [0.2, 0.25) is 0 Å². The van der Waals surface area contributed by atoms with Gasteiger partial charge in [-0.3, -0.25) is 0 Å². The van der Waals surface area contributed by atoms with Crippen molar-refractivity contribution in [1.29, 1.82) is 0 Å². The summed E-state index contributed by atoms with van der Waals surface area (Å²) in [5, 5.41) is 14.9. The second-order valence-electron chi connectivity index (χ2n) is 12.8. The van der Waals surface area contributed by atoms with Crippen molar-refractivity contribution in [2.24, 2.45) is 0 Å². The summed E-state index contributed by atoms with van der Waals surface area (Å²) in [4.78, 5) is 0. The van der Waals surface area contributed by atoms with Crippen LogP contribution in [0.3, 0.4) is 0 Å². The van der Waals surface area contributed by atoms with Gasteiger partial charge in [-0.2, -0.15) is 0 Å². The summed E-state index contributed by atoms with van der Waals surface area (Å²) in [6.07, 6.45) is 0. The molecule has 222 valence electrons. The van der Waals surface area contributed by atoms with Crippen LogP contribution in [0.5, 0.6) is 0 Å². The molecule has 2 aromatic heterocycles. The van der Waals surface area contributed by atoms with Gasteiger partial charge in [0.15, 0.2) is 0 Å². The van der Waals surface area contributed by atoms with E-state index in [1.807, 2.05) is 11.3 Å². The predicted octanol–water partition coefficient (Wildman–Crippen LogP) is 13.9. The fraction of sp³-hybridized carbons (Fsp3) is 0. The fourth-order valence-corrected chi connectivity index (χ4v) is 9.38. The van der Waals surface area contributed by atoms with Crippen molar-refractivity contribution in [3.8, 4) is 22.3 Å². The van der Waals surface area contributed by atoms with Crippen LogP contribution in [0.2, 0.25) is 0 Å². The molecular weight excluding hydrogens is 601 g/mol. The monoisotopic (exact) mass is 626 g/mol. The zero-order valence-corrected chi connectivity index (χ0v) is 26.6. The van der Waals surface area contributed by atoms with E-state index in [1.54, 1.807) is 0 Å². The number of furan rings is 1. The van der Waals surface area contributed by atoms with Crippen molar-refractivity contribution in [2.45, 2.75) is 0 Å². The van der Waals surface area contributed by atoms with Crippen molar-refractivity contribution in [1.82, 2.24) is 0 Å². The van der Waals surface area contributed by atoms with Crippen LogP contribution in [0.25, 0.3) is 107 Å². The van der Waals surface area contributed by atoms with Gasteiger partial charge in [-0.15, -0.1) is 11.3 Å². The quantitative estimate of drug-likeness (QED) is 0.174. The number of rotatable bonds is 2. The van der Waals surface area contributed by atoms with Gasteiger partial charge in [-0.1, -0.05) is 133 Å². The number of hydrogen-bond donors (Lipinski definition) is 0. The van der Waals surface area contributed by atoms with Crippen LogP contribution in [0.15, 0.2) is 162 Å². The third kappa shape index (κ3) is 3.55. The van der Waals surface area contributed by atoms with E-state index in [2.05, 4.69) is 158 Å². The molecule has 11 rings (SSSR count). The Balaban J connectivity index is 1.37. The molecule has 0 atom stereocenters. The molecule has 0 saturated carbocycles. The first-order valence-electron chi connectivity index (χ1n) is 16.4. The van der Waals surface area contributed by atoms with E-state index < -0.39 is 0 Å². The fourth-order valence-electron chi connectivity index (χ4n) is 8.14. The lowest BCUT2D eigenvalue weighted by atomic mass is 9.85. The number of hydrogen-bond acceptors (Lipinski definition) is 2. The highest BCUT2D eigenvalue weighted by Crippen LogP contribution is 2.52. The summed E-state index contributed by atoms with van der Waals surface area (Å²) >= 11 is 1.88. The lowest BCUT2D eigenvalue weighted by molar-refractivity contribution is 0.670. The highest BCUT2D eigenvalue weighted by atomic mass is 32.1. The van der Waals surface area contributed by atoms with Gasteiger partial charge in [-0.05, 0) is 78.5 Å². The van der Waals surface area contributed by atoms with Gasteiger partial charge in [0.25, 0.3) is 0 Å². The number of benzene rings is 9. The normalized spacial score (nSPS) is 12.2. The smallest absolute Gasteiger partial charge is 0.144 e. The van der Waals surface area contributed by atoms with Crippen molar-refractivity contribution < 1.29 is 4.42 Å². The average Bonchev–Trinajstić information content (AvgIpc) is 3.71. The maximum absolute atomic E-state index is 6.90. The van der Waals surface area contributed by atoms with E-state index in [0.29, 0.717) is 0 Å². The molecule has 9 aromatic carbocycles. The predicted molar refractivity (Wildman–Crippen MR) is 208 cm³/mol. The Morgan fingerprint density at radius 2 is 0.958 bits per heavy atom.